The fourth-order valence-electron chi connectivity index (χ4n) is 5.64. The molecule has 0 aromatic carbocycles. The molecule has 0 aromatic rings. The summed E-state index contributed by atoms with van der Waals surface area (Å²) in [5, 5.41) is 0. The predicted octanol–water partition coefficient (Wildman–Crippen LogP) is 5.08. The Morgan fingerprint density at radius 1 is 1.19 bits per heavy atom. The first kappa shape index (κ1) is 30.7. The molecule has 1 aliphatic carbocycles. The fraction of sp³-hybridized carbons (Fsp3) is 0.633. The second-order valence-corrected chi connectivity index (χ2v) is 10.4. The van der Waals surface area contributed by atoms with Crippen LogP contribution < -0.4 is 0 Å². The molecule has 2 aliphatic rings. The van der Waals surface area contributed by atoms with E-state index in [1.165, 1.54) is 0 Å². The van der Waals surface area contributed by atoms with Gasteiger partial charge in [-0.1, -0.05) is 52.8 Å². The highest BCUT2D eigenvalue weighted by Gasteiger charge is 2.43. The Kier molecular flexibility index (Phi) is 11.5. The highest BCUT2D eigenvalue weighted by Crippen LogP contribution is 2.40. The molecule has 1 heterocycles. The number of allylic oxidation sites excluding steroid dienone is 4. The van der Waals surface area contributed by atoms with Gasteiger partial charge in [0.05, 0.1) is 31.6 Å². The number of esters is 1. The summed E-state index contributed by atoms with van der Waals surface area (Å²) in [6.07, 6.45) is 9.82. The van der Waals surface area contributed by atoms with E-state index < -0.39 is 5.97 Å². The summed E-state index contributed by atoms with van der Waals surface area (Å²) in [4.78, 5) is 33.1. The van der Waals surface area contributed by atoms with Crippen molar-refractivity contribution in [3.8, 4) is 0 Å². The Hall–Kier alpha value is -2.51. The van der Waals surface area contributed by atoms with Gasteiger partial charge in [-0.25, -0.2) is 4.79 Å². The molecule has 0 aromatic heterocycles. The lowest BCUT2D eigenvalue weighted by molar-refractivity contribution is -0.140. The Balaban J connectivity index is 2.82. The number of Topliss-reactive ketones (excluding diaryl/α,β-unsaturated/α-hetero) is 1. The highest BCUT2D eigenvalue weighted by atomic mass is 16.5. The maximum atomic E-state index is 13.4. The van der Waals surface area contributed by atoms with Gasteiger partial charge in [0.2, 0.25) is 0 Å². The molecule has 0 saturated heterocycles. The van der Waals surface area contributed by atoms with E-state index in [0.717, 1.165) is 35.3 Å². The molecule has 206 valence electrons. The molecular formula is C30H46N2O5. The summed E-state index contributed by atoms with van der Waals surface area (Å²) in [6, 6.07) is -0.224. The quantitative estimate of drug-likeness (QED) is 0.267. The van der Waals surface area contributed by atoms with Gasteiger partial charge >= 0.3 is 5.97 Å². The van der Waals surface area contributed by atoms with E-state index in [1.54, 1.807) is 34.4 Å². The van der Waals surface area contributed by atoms with E-state index in [-0.39, 0.29) is 47.8 Å². The van der Waals surface area contributed by atoms with E-state index in [0.29, 0.717) is 13.2 Å². The summed E-state index contributed by atoms with van der Waals surface area (Å²) in [7, 11) is 5.18. The third-order valence-corrected chi connectivity index (χ3v) is 7.43. The van der Waals surface area contributed by atoms with Crippen LogP contribution in [0.5, 0.6) is 0 Å². The molecule has 0 spiro atoms. The van der Waals surface area contributed by atoms with Crippen LogP contribution in [0.2, 0.25) is 0 Å². The average Bonchev–Trinajstić information content (AvgIpc) is 2.85. The van der Waals surface area contributed by atoms with Crippen LogP contribution in [0.3, 0.4) is 0 Å². The smallest absolute Gasteiger partial charge is 0.343 e. The van der Waals surface area contributed by atoms with Crippen LogP contribution in [0, 0.1) is 11.3 Å². The third kappa shape index (κ3) is 6.88. The van der Waals surface area contributed by atoms with Gasteiger partial charge in [-0.2, -0.15) is 0 Å². The molecular weight excluding hydrogens is 468 g/mol. The normalized spacial score (nSPS) is 22.5. The van der Waals surface area contributed by atoms with Crippen LogP contribution in [0.15, 0.2) is 51.7 Å². The summed E-state index contributed by atoms with van der Waals surface area (Å²) >= 11 is 0. The van der Waals surface area contributed by atoms with Gasteiger partial charge in [-0.05, 0) is 31.3 Å². The maximum absolute atomic E-state index is 13.4. The molecule has 0 radical (unpaired) electrons. The first-order valence-corrected chi connectivity index (χ1v) is 13.4. The molecule has 3 unspecified atom stereocenters. The topological polar surface area (TPSA) is 77.4 Å². The fourth-order valence-corrected chi connectivity index (χ4v) is 5.64. The number of ether oxygens (including phenoxy) is 3. The van der Waals surface area contributed by atoms with Gasteiger partial charge in [-0.15, -0.1) is 0 Å². The van der Waals surface area contributed by atoms with Crippen molar-refractivity contribution in [3.05, 3.63) is 46.7 Å². The summed E-state index contributed by atoms with van der Waals surface area (Å²) in [5.41, 5.74) is 3.95. The Bertz CT molecular complexity index is 986. The molecule has 0 fully saturated rings. The molecule has 0 bridgehead atoms. The average molecular weight is 515 g/mol. The van der Waals surface area contributed by atoms with Crippen molar-refractivity contribution < 1.29 is 23.8 Å². The van der Waals surface area contributed by atoms with Gasteiger partial charge in [-0.3, -0.25) is 9.79 Å². The Labute approximate surface area is 223 Å². The minimum atomic E-state index is -0.563. The van der Waals surface area contributed by atoms with E-state index in [4.69, 9.17) is 14.2 Å². The van der Waals surface area contributed by atoms with Gasteiger partial charge < -0.3 is 19.1 Å². The Morgan fingerprint density at radius 3 is 2.43 bits per heavy atom. The third-order valence-electron chi connectivity index (χ3n) is 7.43. The van der Waals surface area contributed by atoms with E-state index in [9.17, 15) is 9.59 Å². The van der Waals surface area contributed by atoms with Crippen molar-refractivity contribution in [1.82, 2.24) is 4.90 Å². The first-order valence-electron chi connectivity index (χ1n) is 13.4. The van der Waals surface area contributed by atoms with Crippen LogP contribution in [0.25, 0.3) is 0 Å². The molecule has 3 atom stereocenters. The Morgan fingerprint density at radius 2 is 1.89 bits per heavy atom. The van der Waals surface area contributed by atoms with E-state index in [1.807, 2.05) is 12.2 Å². The zero-order chi connectivity index (χ0) is 27.8. The summed E-state index contributed by atoms with van der Waals surface area (Å²) in [6.45, 7) is 13.8. The lowest BCUT2D eigenvalue weighted by Crippen LogP contribution is -2.53. The maximum Gasteiger partial charge on any atom is 0.343 e. The number of rotatable bonds is 12. The summed E-state index contributed by atoms with van der Waals surface area (Å²) < 4.78 is 16.3. The predicted molar refractivity (Wildman–Crippen MR) is 149 cm³/mol. The number of hydrogen-bond acceptors (Lipinski definition) is 7. The number of methoxy groups -OCH3 is 2. The molecule has 7 heteroatoms. The van der Waals surface area contributed by atoms with Crippen molar-refractivity contribution >= 4 is 17.5 Å². The van der Waals surface area contributed by atoms with Crippen molar-refractivity contribution in [2.75, 3.05) is 41.1 Å². The minimum Gasteiger partial charge on any atom is -0.462 e. The second kappa shape index (κ2) is 13.9. The highest BCUT2D eigenvalue weighted by molar-refractivity contribution is 6.18. The largest absolute Gasteiger partial charge is 0.462 e. The standard InChI is InChI=1S/C30H46N2O5/c1-10-20(4)27(22-15-13-14-21(18-35-8)28(22)31-7)24-16-25(33)23(29(34)37-12-3)17-32(24)26(11-2)30(5,6)19-36-9/h13-15,17,20,24,26H,10-12,16,18-19H2,1-9H3/b27-22+,31-28?. The molecule has 1 aliphatic heterocycles. The van der Waals surface area contributed by atoms with Crippen molar-refractivity contribution in [1.29, 1.82) is 0 Å². The van der Waals surface area contributed by atoms with Crippen LogP contribution in [-0.2, 0) is 23.8 Å². The van der Waals surface area contributed by atoms with Crippen molar-refractivity contribution in [2.45, 2.75) is 72.9 Å². The van der Waals surface area contributed by atoms with Crippen LogP contribution in [0.4, 0.5) is 0 Å². The van der Waals surface area contributed by atoms with E-state index >= 15 is 0 Å². The monoisotopic (exact) mass is 514 g/mol. The molecule has 0 amide bonds. The number of hydrogen-bond donors (Lipinski definition) is 0. The van der Waals surface area contributed by atoms with Crippen LogP contribution in [0.1, 0.15) is 60.8 Å². The minimum absolute atomic E-state index is 0.0122. The lowest BCUT2D eigenvalue weighted by atomic mass is 9.76. The molecule has 0 saturated carbocycles. The summed E-state index contributed by atoms with van der Waals surface area (Å²) in [5.74, 6) is -0.575. The lowest BCUT2D eigenvalue weighted by Gasteiger charge is -2.48. The zero-order valence-electron chi connectivity index (χ0n) is 24.2. The number of ketones is 1. The SMILES string of the molecule is CCOC(=O)C1=CN(C(CC)C(C)(C)COC)C(/C(=C2\C=CC=C(COC)C2=NC)C(C)CC)CC1=O. The molecule has 2 rings (SSSR count). The number of carbonyl (C=O) groups excluding carboxylic acids is 2. The number of aliphatic imine (C=N–C) groups is 1. The van der Waals surface area contributed by atoms with Gasteiger partial charge in [0.15, 0.2) is 5.78 Å². The first-order chi connectivity index (χ1) is 17.6. The molecule has 0 N–H and O–H groups in total. The second-order valence-electron chi connectivity index (χ2n) is 10.4. The van der Waals surface area contributed by atoms with Crippen molar-refractivity contribution in [2.24, 2.45) is 16.3 Å². The molecule has 7 nitrogen and oxygen atoms in total. The number of nitrogens with zero attached hydrogens (tertiary/aromatic N) is 2. The van der Waals surface area contributed by atoms with Crippen LogP contribution >= 0.6 is 0 Å². The van der Waals surface area contributed by atoms with Crippen LogP contribution in [-0.4, -0.2) is 75.5 Å². The zero-order valence-corrected chi connectivity index (χ0v) is 24.2. The molecule has 37 heavy (non-hydrogen) atoms. The van der Waals surface area contributed by atoms with E-state index in [2.05, 4.69) is 50.6 Å². The van der Waals surface area contributed by atoms with Gasteiger partial charge in [0, 0.05) is 56.5 Å². The van der Waals surface area contributed by atoms with Gasteiger partial charge in [0.25, 0.3) is 0 Å². The van der Waals surface area contributed by atoms with Gasteiger partial charge in [0.1, 0.15) is 5.57 Å². The van der Waals surface area contributed by atoms with Crippen molar-refractivity contribution in [3.63, 3.8) is 0 Å². The number of carbonyl (C=O) groups is 2.